The number of carbonyl (C=O) groups is 2. The zero-order chi connectivity index (χ0) is 16.3. The van der Waals surface area contributed by atoms with Crippen molar-refractivity contribution in [2.45, 2.75) is 58.9 Å². The van der Waals surface area contributed by atoms with Gasteiger partial charge in [-0.05, 0) is 41.5 Å². The molecule has 1 atom stereocenters. The normalized spacial score (nSPS) is 21.6. The lowest BCUT2D eigenvalue weighted by Gasteiger charge is -2.34. The van der Waals surface area contributed by atoms with Crippen molar-refractivity contribution < 1.29 is 23.8 Å². The van der Waals surface area contributed by atoms with Crippen molar-refractivity contribution >= 4 is 12.1 Å². The molecule has 1 aliphatic heterocycles. The molecular formula is C15H25NO5. The third-order valence-electron chi connectivity index (χ3n) is 2.85. The van der Waals surface area contributed by atoms with Gasteiger partial charge in [-0.25, -0.2) is 9.59 Å². The monoisotopic (exact) mass is 299 g/mol. The van der Waals surface area contributed by atoms with E-state index in [1.54, 1.807) is 47.6 Å². The van der Waals surface area contributed by atoms with Crippen molar-refractivity contribution in [1.82, 2.24) is 4.90 Å². The molecule has 1 heterocycles. The number of amides is 1. The van der Waals surface area contributed by atoms with E-state index in [0.29, 0.717) is 13.2 Å². The summed E-state index contributed by atoms with van der Waals surface area (Å²) < 4.78 is 15.8. The van der Waals surface area contributed by atoms with Crippen LogP contribution in [0.1, 0.15) is 41.5 Å². The van der Waals surface area contributed by atoms with Crippen LogP contribution >= 0.6 is 0 Å². The zero-order valence-corrected chi connectivity index (χ0v) is 13.6. The maximum atomic E-state index is 12.3. The van der Waals surface area contributed by atoms with E-state index in [1.165, 1.54) is 11.0 Å². The minimum absolute atomic E-state index is 0.308. The number of esters is 1. The topological polar surface area (TPSA) is 65.1 Å². The summed E-state index contributed by atoms with van der Waals surface area (Å²) in [6.45, 7) is 11.3. The second kappa shape index (κ2) is 6.47. The maximum absolute atomic E-state index is 12.3. The van der Waals surface area contributed by atoms with E-state index in [9.17, 15) is 9.59 Å². The van der Waals surface area contributed by atoms with Crippen molar-refractivity contribution in [2.24, 2.45) is 0 Å². The van der Waals surface area contributed by atoms with E-state index >= 15 is 0 Å². The van der Waals surface area contributed by atoms with Gasteiger partial charge in [-0.2, -0.15) is 0 Å². The molecule has 1 saturated heterocycles. The van der Waals surface area contributed by atoms with Crippen LogP contribution < -0.4 is 0 Å². The lowest BCUT2D eigenvalue weighted by atomic mass is 10.2. The molecule has 0 spiro atoms. The number of hydrogen-bond acceptors (Lipinski definition) is 5. The fourth-order valence-electron chi connectivity index (χ4n) is 2.02. The molecule has 0 aromatic heterocycles. The first-order chi connectivity index (χ1) is 9.57. The summed E-state index contributed by atoms with van der Waals surface area (Å²) in [4.78, 5) is 25.2. The van der Waals surface area contributed by atoms with Crippen molar-refractivity contribution in [3.05, 3.63) is 12.2 Å². The Morgan fingerprint density at radius 2 is 2.00 bits per heavy atom. The Labute approximate surface area is 126 Å². The van der Waals surface area contributed by atoms with Crippen LogP contribution in [0.5, 0.6) is 0 Å². The highest BCUT2D eigenvalue weighted by Gasteiger charge is 2.44. The quantitative estimate of drug-likeness (QED) is 0.591. The van der Waals surface area contributed by atoms with E-state index in [0.717, 1.165) is 0 Å². The molecule has 0 N–H and O–H groups in total. The smallest absolute Gasteiger partial charge is 0.413 e. The van der Waals surface area contributed by atoms with Gasteiger partial charge in [0.05, 0.1) is 19.3 Å². The van der Waals surface area contributed by atoms with E-state index < -0.39 is 23.4 Å². The Morgan fingerprint density at radius 1 is 1.38 bits per heavy atom. The maximum Gasteiger partial charge on any atom is 0.413 e. The van der Waals surface area contributed by atoms with Gasteiger partial charge < -0.3 is 14.2 Å². The first-order valence-corrected chi connectivity index (χ1v) is 7.08. The van der Waals surface area contributed by atoms with Crippen molar-refractivity contribution in [1.29, 1.82) is 0 Å². The van der Waals surface area contributed by atoms with Crippen molar-refractivity contribution in [2.75, 3.05) is 13.2 Å². The molecule has 0 aromatic carbocycles. The lowest BCUT2D eigenvalue weighted by Crippen LogP contribution is -2.49. The van der Waals surface area contributed by atoms with Gasteiger partial charge in [-0.3, -0.25) is 4.90 Å². The predicted octanol–water partition coefficient (Wildman–Crippen LogP) is 2.48. The summed E-state index contributed by atoms with van der Waals surface area (Å²) in [5, 5.41) is 0. The fraction of sp³-hybridized carbons (Fsp3) is 0.733. The molecule has 0 aliphatic carbocycles. The number of hydrogen-bond donors (Lipinski definition) is 0. The van der Waals surface area contributed by atoms with E-state index in [2.05, 4.69) is 0 Å². The Kier molecular flexibility index (Phi) is 5.39. The first-order valence-electron chi connectivity index (χ1n) is 7.08. The Morgan fingerprint density at radius 3 is 2.52 bits per heavy atom. The van der Waals surface area contributed by atoms with Gasteiger partial charge in [-0.15, -0.1) is 0 Å². The molecule has 0 saturated carbocycles. The second-order valence-electron chi connectivity index (χ2n) is 6.29. The standard InChI is InChI=1S/C15H25NO5/c1-7-19-12(17)9-8-11-10-20-15(5,6)16(11)13(18)21-14(2,3)4/h8-9,11H,7,10H2,1-6H3/b9-8+/t11-/m0/s1. The van der Waals surface area contributed by atoms with Gasteiger partial charge in [0.1, 0.15) is 11.3 Å². The Bertz CT molecular complexity index is 422. The second-order valence-corrected chi connectivity index (χ2v) is 6.29. The molecule has 0 bridgehead atoms. The van der Waals surface area contributed by atoms with E-state index in [-0.39, 0.29) is 6.04 Å². The van der Waals surface area contributed by atoms with Gasteiger partial charge in [0.15, 0.2) is 0 Å². The van der Waals surface area contributed by atoms with Gasteiger partial charge in [-0.1, -0.05) is 6.08 Å². The largest absolute Gasteiger partial charge is 0.463 e. The Hall–Kier alpha value is -1.56. The number of carbonyl (C=O) groups excluding carboxylic acids is 2. The fourth-order valence-corrected chi connectivity index (χ4v) is 2.02. The van der Waals surface area contributed by atoms with Crippen molar-refractivity contribution in [3.8, 4) is 0 Å². The molecule has 0 radical (unpaired) electrons. The summed E-state index contributed by atoms with van der Waals surface area (Å²) in [5.74, 6) is -0.439. The predicted molar refractivity (Wildman–Crippen MR) is 77.7 cm³/mol. The molecule has 0 aromatic rings. The average molecular weight is 299 g/mol. The van der Waals surface area contributed by atoms with Crippen LogP contribution in [0.2, 0.25) is 0 Å². The molecular weight excluding hydrogens is 274 g/mol. The number of rotatable bonds is 3. The molecule has 21 heavy (non-hydrogen) atoms. The molecule has 6 nitrogen and oxygen atoms in total. The van der Waals surface area contributed by atoms with Crippen molar-refractivity contribution in [3.63, 3.8) is 0 Å². The van der Waals surface area contributed by atoms with Gasteiger partial charge in [0.25, 0.3) is 0 Å². The summed E-state index contributed by atoms with van der Waals surface area (Å²) in [5.41, 5.74) is -1.38. The highest BCUT2D eigenvalue weighted by Crippen LogP contribution is 2.29. The van der Waals surface area contributed by atoms with Crippen LogP contribution in [-0.2, 0) is 19.0 Å². The molecule has 120 valence electrons. The third-order valence-corrected chi connectivity index (χ3v) is 2.85. The minimum Gasteiger partial charge on any atom is -0.463 e. The average Bonchev–Trinajstić information content (AvgIpc) is 2.60. The zero-order valence-electron chi connectivity index (χ0n) is 13.6. The van der Waals surface area contributed by atoms with Crippen LogP contribution in [0, 0.1) is 0 Å². The summed E-state index contributed by atoms with van der Waals surface area (Å²) in [6, 6.07) is -0.362. The number of nitrogens with zero attached hydrogens (tertiary/aromatic N) is 1. The number of ether oxygens (including phenoxy) is 3. The van der Waals surface area contributed by atoms with Gasteiger partial charge in [0.2, 0.25) is 0 Å². The SMILES string of the molecule is CCOC(=O)/C=C/[C@H]1COC(C)(C)N1C(=O)OC(C)(C)C. The summed E-state index contributed by atoms with van der Waals surface area (Å²) in [7, 11) is 0. The van der Waals surface area contributed by atoms with Crippen LogP contribution in [0.15, 0.2) is 12.2 Å². The first kappa shape index (κ1) is 17.5. The Balaban J connectivity index is 2.84. The van der Waals surface area contributed by atoms with Crippen LogP contribution in [-0.4, -0.2) is 47.5 Å². The van der Waals surface area contributed by atoms with E-state index in [4.69, 9.17) is 14.2 Å². The van der Waals surface area contributed by atoms with Crippen LogP contribution in [0.3, 0.4) is 0 Å². The van der Waals surface area contributed by atoms with Gasteiger partial charge in [0, 0.05) is 6.08 Å². The molecule has 1 rings (SSSR count). The van der Waals surface area contributed by atoms with Crippen LogP contribution in [0.4, 0.5) is 4.79 Å². The molecule has 6 heteroatoms. The highest BCUT2D eigenvalue weighted by atomic mass is 16.6. The summed E-state index contributed by atoms with van der Waals surface area (Å²) >= 11 is 0. The highest BCUT2D eigenvalue weighted by molar-refractivity contribution is 5.82. The summed E-state index contributed by atoms with van der Waals surface area (Å²) in [6.07, 6.45) is 2.45. The lowest BCUT2D eigenvalue weighted by molar-refractivity contribution is -0.137. The molecule has 0 unspecified atom stereocenters. The molecule has 1 fully saturated rings. The van der Waals surface area contributed by atoms with E-state index in [1.807, 2.05) is 0 Å². The van der Waals surface area contributed by atoms with Gasteiger partial charge >= 0.3 is 12.1 Å². The minimum atomic E-state index is -0.786. The third kappa shape index (κ3) is 5.04. The molecule has 1 amide bonds. The molecule has 1 aliphatic rings. The van der Waals surface area contributed by atoms with Crippen LogP contribution in [0.25, 0.3) is 0 Å².